The van der Waals surface area contributed by atoms with E-state index in [9.17, 15) is 0 Å². The zero-order valence-corrected chi connectivity index (χ0v) is 37.4. The van der Waals surface area contributed by atoms with Crippen LogP contribution in [0.1, 0.15) is 82.6 Å². The van der Waals surface area contributed by atoms with E-state index in [0.717, 1.165) is 35.6 Å². The van der Waals surface area contributed by atoms with Crippen LogP contribution >= 0.6 is 0 Å². The molecule has 10 rings (SSSR count). The van der Waals surface area contributed by atoms with Gasteiger partial charge >= 0.3 is 0 Å². The van der Waals surface area contributed by atoms with E-state index in [1.807, 2.05) is 0 Å². The lowest BCUT2D eigenvalue weighted by atomic mass is 9.58. The van der Waals surface area contributed by atoms with Crippen molar-refractivity contribution >= 4 is 34.1 Å². The molecule has 2 unspecified atom stereocenters. The summed E-state index contributed by atoms with van der Waals surface area (Å²) in [4.78, 5) is 4.82. The van der Waals surface area contributed by atoms with Gasteiger partial charge in [0.05, 0.1) is 0 Å². The maximum Gasteiger partial charge on any atom is 0.0465 e. The fraction of sp³-hybridized carbons (Fsp3) is 0.213. The van der Waals surface area contributed by atoms with Crippen molar-refractivity contribution in [1.29, 1.82) is 0 Å². The van der Waals surface area contributed by atoms with Crippen molar-refractivity contribution in [3.8, 4) is 22.3 Å². The molecule has 0 bridgehead atoms. The van der Waals surface area contributed by atoms with Crippen LogP contribution in [0.5, 0.6) is 0 Å². The van der Waals surface area contributed by atoms with E-state index < -0.39 is 0 Å². The molecule has 2 atom stereocenters. The molecule has 1 fully saturated rings. The molecule has 1 saturated carbocycles. The van der Waals surface area contributed by atoms with Crippen molar-refractivity contribution in [2.45, 2.75) is 71.1 Å². The Morgan fingerprint density at radius 1 is 0.429 bits per heavy atom. The molecule has 0 radical (unpaired) electrons. The molecule has 8 aromatic rings. The predicted octanol–water partition coefficient (Wildman–Crippen LogP) is 17.1. The highest BCUT2D eigenvalue weighted by atomic mass is 15.1. The van der Waals surface area contributed by atoms with Gasteiger partial charge in [-0.1, -0.05) is 174 Å². The first-order chi connectivity index (χ1) is 30.6. The Morgan fingerprint density at radius 2 is 0.857 bits per heavy atom. The quantitative estimate of drug-likeness (QED) is 0.143. The lowest BCUT2D eigenvalue weighted by Gasteiger charge is -2.46. The molecule has 8 aromatic carbocycles. The predicted molar refractivity (Wildman–Crippen MR) is 267 cm³/mol. The first-order valence-corrected chi connectivity index (χ1v) is 22.9. The second kappa shape index (κ2) is 16.2. The lowest BCUT2D eigenvalue weighted by molar-refractivity contribution is 0.137. The summed E-state index contributed by atoms with van der Waals surface area (Å²) in [6.45, 7) is 12.1. The molecule has 0 heterocycles. The topological polar surface area (TPSA) is 6.48 Å². The van der Waals surface area contributed by atoms with Gasteiger partial charge in [0.1, 0.15) is 0 Å². The molecule has 0 saturated heterocycles. The van der Waals surface area contributed by atoms with Gasteiger partial charge in [0, 0.05) is 45.0 Å². The van der Waals surface area contributed by atoms with E-state index in [4.69, 9.17) is 0 Å². The number of nitrogens with zero attached hydrogens (tertiary/aromatic N) is 2. The van der Waals surface area contributed by atoms with Gasteiger partial charge < -0.3 is 9.80 Å². The number of fused-ring (bicyclic) bond motifs is 3. The molecule has 0 spiro atoms. The summed E-state index contributed by atoms with van der Waals surface area (Å²) in [6.07, 6.45) is 4.73. The van der Waals surface area contributed by atoms with Crippen LogP contribution in [0.4, 0.5) is 34.1 Å². The number of hydrogen-bond acceptors (Lipinski definition) is 2. The van der Waals surface area contributed by atoms with E-state index in [0.29, 0.717) is 5.92 Å². The Labute approximate surface area is 375 Å². The van der Waals surface area contributed by atoms with Gasteiger partial charge in [0.2, 0.25) is 0 Å². The van der Waals surface area contributed by atoms with Gasteiger partial charge in [0.25, 0.3) is 0 Å². The minimum absolute atomic E-state index is 0.0776. The summed E-state index contributed by atoms with van der Waals surface area (Å²) in [5.41, 5.74) is 17.7. The molecule has 0 N–H and O–H groups in total. The zero-order chi connectivity index (χ0) is 43.2. The summed E-state index contributed by atoms with van der Waals surface area (Å²) < 4.78 is 0. The number of para-hydroxylation sites is 2. The molecular weight excluding hydrogens is 761 g/mol. The van der Waals surface area contributed by atoms with Crippen molar-refractivity contribution in [3.63, 3.8) is 0 Å². The van der Waals surface area contributed by atoms with E-state index in [1.165, 1.54) is 68.7 Å². The highest BCUT2D eigenvalue weighted by Crippen LogP contribution is 2.53. The van der Waals surface area contributed by atoms with E-state index in [1.54, 1.807) is 0 Å². The Hall–Kier alpha value is -6.64. The van der Waals surface area contributed by atoms with Gasteiger partial charge in [-0.25, -0.2) is 0 Å². The van der Waals surface area contributed by atoms with E-state index in [2.05, 4.69) is 251 Å². The van der Waals surface area contributed by atoms with Gasteiger partial charge in [-0.15, -0.1) is 0 Å². The fourth-order valence-electron chi connectivity index (χ4n) is 10.9. The van der Waals surface area contributed by atoms with E-state index in [-0.39, 0.29) is 16.2 Å². The summed E-state index contributed by atoms with van der Waals surface area (Å²) in [7, 11) is 0. The highest BCUT2D eigenvalue weighted by molar-refractivity contribution is 5.86. The number of benzene rings is 8. The lowest BCUT2D eigenvalue weighted by Crippen LogP contribution is -2.38. The summed E-state index contributed by atoms with van der Waals surface area (Å²) >= 11 is 0. The van der Waals surface area contributed by atoms with Crippen LogP contribution < -0.4 is 9.80 Å². The SMILES string of the molecule is CC1(C)c2ccccc2-c2ccc(N(c3ccccc3)c3ccc(C4(c5ccc(N(c6ccccc6)c6ccc(-c7ccccc7)cc6)cc5)CCCC(C(C)(C)C)C4)cc3)cc21. The smallest absolute Gasteiger partial charge is 0.0465 e. The van der Waals surface area contributed by atoms with Gasteiger partial charge in [-0.3, -0.25) is 0 Å². The summed E-state index contributed by atoms with van der Waals surface area (Å²) in [6, 6.07) is 76.5. The molecule has 2 heteroatoms. The molecule has 0 aliphatic heterocycles. The van der Waals surface area contributed by atoms with Crippen molar-refractivity contribution in [2.24, 2.45) is 11.3 Å². The van der Waals surface area contributed by atoms with Crippen LogP contribution in [-0.4, -0.2) is 0 Å². The average molecular weight is 819 g/mol. The van der Waals surface area contributed by atoms with Crippen LogP contribution in [-0.2, 0) is 10.8 Å². The summed E-state index contributed by atoms with van der Waals surface area (Å²) in [5, 5.41) is 0. The fourth-order valence-corrected chi connectivity index (χ4v) is 10.9. The van der Waals surface area contributed by atoms with E-state index >= 15 is 0 Å². The molecular formula is C61H58N2. The van der Waals surface area contributed by atoms with Gasteiger partial charge in [0.15, 0.2) is 0 Å². The maximum absolute atomic E-state index is 2.45. The molecule has 0 amide bonds. The van der Waals surface area contributed by atoms with Crippen molar-refractivity contribution in [1.82, 2.24) is 0 Å². The summed E-state index contributed by atoms with van der Waals surface area (Å²) in [5.74, 6) is 0.606. The number of anilines is 6. The highest BCUT2D eigenvalue weighted by Gasteiger charge is 2.43. The zero-order valence-electron chi connectivity index (χ0n) is 37.4. The normalized spacial score (nSPS) is 17.7. The molecule has 0 aromatic heterocycles. The number of hydrogen-bond donors (Lipinski definition) is 0. The Kier molecular flexibility index (Phi) is 10.4. The third-order valence-corrected chi connectivity index (χ3v) is 14.4. The first kappa shape index (κ1) is 40.4. The molecule has 63 heavy (non-hydrogen) atoms. The van der Waals surface area contributed by atoms with Crippen LogP contribution in [0.2, 0.25) is 0 Å². The Bertz CT molecular complexity index is 2820. The molecule has 2 nitrogen and oxygen atoms in total. The van der Waals surface area contributed by atoms with Gasteiger partial charge in [-0.05, 0) is 148 Å². The van der Waals surface area contributed by atoms with Crippen LogP contribution in [0.15, 0.2) is 206 Å². The number of rotatable bonds is 9. The molecule has 2 aliphatic rings. The second-order valence-electron chi connectivity index (χ2n) is 19.5. The average Bonchev–Trinajstić information content (AvgIpc) is 3.55. The maximum atomic E-state index is 2.45. The third kappa shape index (κ3) is 7.46. The third-order valence-electron chi connectivity index (χ3n) is 14.4. The van der Waals surface area contributed by atoms with Crippen molar-refractivity contribution in [3.05, 3.63) is 229 Å². The van der Waals surface area contributed by atoms with Crippen LogP contribution in [0, 0.1) is 11.3 Å². The monoisotopic (exact) mass is 818 g/mol. The minimum atomic E-state index is -0.108. The van der Waals surface area contributed by atoms with Crippen molar-refractivity contribution < 1.29 is 0 Å². The Morgan fingerprint density at radius 3 is 1.41 bits per heavy atom. The second-order valence-corrected chi connectivity index (χ2v) is 19.5. The van der Waals surface area contributed by atoms with Gasteiger partial charge in [-0.2, -0.15) is 0 Å². The van der Waals surface area contributed by atoms with Crippen molar-refractivity contribution in [2.75, 3.05) is 9.80 Å². The largest absolute Gasteiger partial charge is 0.311 e. The van der Waals surface area contributed by atoms with Crippen LogP contribution in [0.3, 0.4) is 0 Å². The first-order valence-electron chi connectivity index (χ1n) is 22.9. The minimum Gasteiger partial charge on any atom is -0.311 e. The molecule has 312 valence electrons. The molecule has 2 aliphatic carbocycles. The Balaban J connectivity index is 1.03. The standard InChI is InChI=1S/C61H58N2/c1-59(2,3)48-20-17-41-61(43-48,46-29-35-52(36-30-46)62(49-21-11-7-12-22-49)51-33-27-45(28-34-51)44-18-9-6-10-19-44)47-31-37-53(38-32-47)63(50-23-13-8-14-24-50)54-39-40-56-55-25-15-16-26-57(55)60(4,5)58(56)42-54/h6-16,18-19,21-40,42,48H,17,20,41,43H2,1-5H3. The van der Waals surface area contributed by atoms with Crippen LogP contribution in [0.25, 0.3) is 22.3 Å².